The Morgan fingerprint density at radius 3 is 2.75 bits per heavy atom. The molecule has 0 unspecified atom stereocenters. The molecule has 0 spiro atoms. The van der Waals surface area contributed by atoms with Crippen LogP contribution >= 0.6 is 12.2 Å². The quantitative estimate of drug-likeness (QED) is 0.362. The first-order valence-corrected chi connectivity index (χ1v) is 5.39. The molecule has 0 aliphatic carbocycles. The predicted octanol–water partition coefficient (Wildman–Crippen LogP) is 2.06. The molecule has 84 valence electrons. The first-order chi connectivity index (χ1) is 7.74. The van der Waals surface area contributed by atoms with Crippen LogP contribution in [0.25, 0.3) is 0 Å². The van der Waals surface area contributed by atoms with Gasteiger partial charge in [0, 0.05) is 6.54 Å². The zero-order chi connectivity index (χ0) is 11.8. The lowest BCUT2D eigenvalue weighted by atomic mass is 10.1. The fraction of sp³-hybridized carbons (Fsp3) is 0.167. The monoisotopic (exact) mass is 233 g/mol. The van der Waals surface area contributed by atoms with Crippen molar-refractivity contribution in [3.05, 3.63) is 48.6 Å². The zero-order valence-electron chi connectivity index (χ0n) is 9.23. The highest BCUT2D eigenvalue weighted by Crippen LogP contribution is 1.99. The number of hydrogen-bond donors (Lipinski definition) is 2. The molecule has 0 amide bonds. The molecule has 0 heterocycles. The molecule has 4 heteroatoms. The second-order valence-electron chi connectivity index (χ2n) is 3.17. The van der Waals surface area contributed by atoms with Crippen molar-refractivity contribution in [2.75, 3.05) is 6.54 Å². The lowest BCUT2D eigenvalue weighted by Crippen LogP contribution is -2.32. The Kier molecular flexibility index (Phi) is 5.22. The Labute approximate surface area is 101 Å². The summed E-state index contributed by atoms with van der Waals surface area (Å²) in [4.78, 5) is 0. The summed E-state index contributed by atoms with van der Waals surface area (Å²) in [6.07, 6.45) is 1.74. The number of nitrogens with zero attached hydrogens (tertiary/aromatic N) is 1. The standard InChI is InChI=1S/C12H15N3S/c1-3-9-13-12(16)15-14-10(2)11-7-5-4-6-8-11/h3-8H,1,9H2,2H3,(H2,13,15,16). The molecule has 0 saturated carbocycles. The minimum Gasteiger partial charge on any atom is -0.358 e. The summed E-state index contributed by atoms with van der Waals surface area (Å²) in [6.45, 7) is 6.15. The van der Waals surface area contributed by atoms with Gasteiger partial charge in [-0.3, -0.25) is 5.43 Å². The van der Waals surface area contributed by atoms with E-state index >= 15 is 0 Å². The zero-order valence-corrected chi connectivity index (χ0v) is 10.1. The maximum atomic E-state index is 5.01. The first-order valence-electron chi connectivity index (χ1n) is 4.98. The van der Waals surface area contributed by atoms with E-state index in [0.29, 0.717) is 11.7 Å². The lowest BCUT2D eigenvalue weighted by molar-refractivity contribution is 0.936. The van der Waals surface area contributed by atoms with Gasteiger partial charge in [0.2, 0.25) is 0 Å². The number of hydrogen-bond acceptors (Lipinski definition) is 2. The predicted molar refractivity (Wildman–Crippen MR) is 72.6 cm³/mol. The van der Waals surface area contributed by atoms with Gasteiger partial charge >= 0.3 is 0 Å². The number of rotatable bonds is 4. The lowest BCUT2D eigenvalue weighted by Gasteiger charge is -2.05. The molecule has 1 aromatic rings. The SMILES string of the molecule is C=CCNC(=S)NN=C(C)c1ccccc1. The van der Waals surface area contributed by atoms with Gasteiger partial charge in [0.1, 0.15) is 0 Å². The van der Waals surface area contributed by atoms with Gasteiger partial charge in [-0.15, -0.1) is 6.58 Å². The summed E-state index contributed by atoms with van der Waals surface area (Å²) in [5.41, 5.74) is 4.74. The third-order valence-corrected chi connectivity index (χ3v) is 2.16. The van der Waals surface area contributed by atoms with E-state index in [-0.39, 0.29) is 0 Å². The Morgan fingerprint density at radius 2 is 2.12 bits per heavy atom. The van der Waals surface area contributed by atoms with E-state index < -0.39 is 0 Å². The molecule has 0 saturated heterocycles. The van der Waals surface area contributed by atoms with Crippen LogP contribution in [0.15, 0.2) is 48.1 Å². The van der Waals surface area contributed by atoms with E-state index in [2.05, 4.69) is 22.4 Å². The van der Waals surface area contributed by atoms with Gasteiger partial charge in [-0.05, 0) is 24.7 Å². The highest BCUT2D eigenvalue weighted by molar-refractivity contribution is 7.80. The number of benzene rings is 1. The number of hydrazone groups is 1. The fourth-order valence-corrected chi connectivity index (χ4v) is 1.21. The highest BCUT2D eigenvalue weighted by atomic mass is 32.1. The average Bonchev–Trinajstić information content (AvgIpc) is 2.34. The molecule has 2 N–H and O–H groups in total. The van der Waals surface area contributed by atoms with Crippen LogP contribution in [0.1, 0.15) is 12.5 Å². The smallest absolute Gasteiger partial charge is 0.187 e. The van der Waals surface area contributed by atoms with E-state index in [0.717, 1.165) is 11.3 Å². The van der Waals surface area contributed by atoms with Gasteiger partial charge in [-0.25, -0.2) is 0 Å². The topological polar surface area (TPSA) is 36.4 Å². The summed E-state index contributed by atoms with van der Waals surface area (Å²) in [5, 5.41) is 7.61. The molecule has 0 fully saturated rings. The van der Waals surface area contributed by atoms with E-state index in [1.807, 2.05) is 37.3 Å². The molecule has 3 nitrogen and oxygen atoms in total. The Morgan fingerprint density at radius 1 is 1.44 bits per heavy atom. The van der Waals surface area contributed by atoms with Crippen molar-refractivity contribution in [1.29, 1.82) is 0 Å². The van der Waals surface area contributed by atoms with E-state index in [9.17, 15) is 0 Å². The first kappa shape index (κ1) is 12.4. The molecule has 0 radical (unpaired) electrons. The summed E-state index contributed by atoms with van der Waals surface area (Å²) < 4.78 is 0. The highest BCUT2D eigenvalue weighted by Gasteiger charge is 1.95. The van der Waals surface area contributed by atoms with Crippen molar-refractivity contribution in [3.63, 3.8) is 0 Å². The molecule has 0 aliphatic heterocycles. The van der Waals surface area contributed by atoms with Gasteiger partial charge < -0.3 is 5.32 Å². The van der Waals surface area contributed by atoms with Gasteiger partial charge in [-0.2, -0.15) is 5.10 Å². The summed E-state index contributed by atoms with van der Waals surface area (Å²) in [7, 11) is 0. The Bertz CT molecular complexity index is 385. The normalized spacial score (nSPS) is 10.7. The largest absolute Gasteiger partial charge is 0.358 e. The van der Waals surface area contributed by atoms with Crippen molar-refractivity contribution < 1.29 is 0 Å². The van der Waals surface area contributed by atoms with Crippen LogP contribution in [0.5, 0.6) is 0 Å². The maximum Gasteiger partial charge on any atom is 0.187 e. The second kappa shape index (κ2) is 6.74. The maximum absolute atomic E-state index is 5.01. The van der Waals surface area contributed by atoms with Crippen LogP contribution in [-0.2, 0) is 0 Å². The number of thiocarbonyl (C=S) groups is 1. The second-order valence-corrected chi connectivity index (χ2v) is 3.58. The average molecular weight is 233 g/mol. The molecule has 1 rings (SSSR count). The van der Waals surface area contributed by atoms with Crippen LogP contribution in [0, 0.1) is 0 Å². The van der Waals surface area contributed by atoms with Crippen LogP contribution in [0.4, 0.5) is 0 Å². The molecule has 1 aromatic carbocycles. The van der Waals surface area contributed by atoms with Gasteiger partial charge in [0.25, 0.3) is 0 Å². The van der Waals surface area contributed by atoms with Crippen molar-refractivity contribution in [3.8, 4) is 0 Å². The summed E-state index contributed by atoms with van der Waals surface area (Å²) >= 11 is 5.01. The van der Waals surface area contributed by atoms with Gasteiger partial charge in [0.05, 0.1) is 5.71 Å². The third kappa shape index (κ3) is 4.23. The van der Waals surface area contributed by atoms with Crippen molar-refractivity contribution in [2.45, 2.75) is 6.92 Å². The van der Waals surface area contributed by atoms with Crippen LogP contribution < -0.4 is 10.7 Å². The Balaban J connectivity index is 2.51. The molecule has 16 heavy (non-hydrogen) atoms. The molecule has 0 bridgehead atoms. The Hall–Kier alpha value is -1.68. The van der Waals surface area contributed by atoms with Gasteiger partial charge in [-0.1, -0.05) is 36.4 Å². The molecule has 0 atom stereocenters. The molecular formula is C12H15N3S. The van der Waals surface area contributed by atoms with Crippen molar-refractivity contribution >= 4 is 23.0 Å². The van der Waals surface area contributed by atoms with Crippen LogP contribution in [0.2, 0.25) is 0 Å². The van der Waals surface area contributed by atoms with E-state index in [4.69, 9.17) is 12.2 Å². The van der Waals surface area contributed by atoms with Crippen LogP contribution in [0.3, 0.4) is 0 Å². The fourth-order valence-electron chi connectivity index (χ4n) is 1.08. The molecule has 0 aromatic heterocycles. The molecule has 0 aliphatic rings. The molecular weight excluding hydrogens is 218 g/mol. The minimum atomic E-state index is 0.496. The van der Waals surface area contributed by atoms with Gasteiger partial charge in [0.15, 0.2) is 5.11 Å². The summed E-state index contributed by atoms with van der Waals surface area (Å²) in [5.74, 6) is 0. The van der Waals surface area contributed by atoms with Crippen LogP contribution in [-0.4, -0.2) is 17.4 Å². The van der Waals surface area contributed by atoms with E-state index in [1.165, 1.54) is 0 Å². The summed E-state index contributed by atoms with van der Waals surface area (Å²) in [6, 6.07) is 9.92. The van der Waals surface area contributed by atoms with E-state index in [1.54, 1.807) is 6.08 Å². The minimum absolute atomic E-state index is 0.496. The number of nitrogens with one attached hydrogen (secondary N) is 2. The van der Waals surface area contributed by atoms with Crippen molar-refractivity contribution in [2.24, 2.45) is 5.10 Å². The van der Waals surface area contributed by atoms with Crippen molar-refractivity contribution in [1.82, 2.24) is 10.7 Å². The third-order valence-electron chi connectivity index (χ3n) is 1.92.